The van der Waals surface area contributed by atoms with Crippen LogP contribution in [0.3, 0.4) is 0 Å². The van der Waals surface area contributed by atoms with Crippen LogP contribution in [-0.2, 0) is 17.4 Å². The molecule has 0 radical (unpaired) electrons. The van der Waals surface area contributed by atoms with E-state index in [-0.39, 0.29) is 23.1 Å². The first kappa shape index (κ1) is 15.3. The van der Waals surface area contributed by atoms with E-state index in [0.717, 1.165) is 5.82 Å². The molecule has 0 aliphatic rings. The van der Waals surface area contributed by atoms with Crippen LogP contribution in [0.4, 0.5) is 0 Å². The Balaban J connectivity index is 0. The van der Waals surface area contributed by atoms with Gasteiger partial charge in [-0.25, -0.2) is 4.98 Å². The Bertz CT molecular complexity index is 310. The van der Waals surface area contributed by atoms with E-state index in [4.69, 9.17) is 17.5 Å². The summed E-state index contributed by atoms with van der Waals surface area (Å²) in [6.07, 6.45) is 3.71. The molecule has 0 fully saturated rings. The normalized spacial score (nSPS) is 9.54. The molecule has 0 aliphatic heterocycles. The Morgan fingerprint density at radius 3 is 1.92 bits per heavy atom. The number of aryl methyl sites for hydroxylation is 2. The van der Waals surface area contributed by atoms with E-state index in [9.17, 15) is 0 Å². The van der Waals surface area contributed by atoms with Crippen molar-refractivity contribution in [1.82, 2.24) is 9.55 Å². The van der Waals surface area contributed by atoms with Crippen molar-refractivity contribution in [1.29, 1.82) is 0 Å². The van der Waals surface area contributed by atoms with Gasteiger partial charge in [0.1, 0.15) is 5.82 Å². The maximum absolute atomic E-state index is 8.52. The van der Waals surface area contributed by atoms with Crippen LogP contribution in [0.1, 0.15) is 5.82 Å². The molecule has 0 atom stereocenters. The van der Waals surface area contributed by atoms with Crippen molar-refractivity contribution in [2.45, 2.75) is 6.92 Å². The molecular weight excluding hydrogens is 208 g/mol. The summed E-state index contributed by atoms with van der Waals surface area (Å²) in [6, 6.07) is 0. The topological polar surface area (TPSA) is 98.1 Å². The molecule has 1 rings (SSSR count). The quantitative estimate of drug-likeness (QED) is 0.315. The van der Waals surface area contributed by atoms with Gasteiger partial charge in [-0.3, -0.25) is 8.42 Å². The van der Waals surface area contributed by atoms with Crippen LogP contribution in [0.5, 0.6) is 0 Å². The van der Waals surface area contributed by atoms with Crippen LogP contribution in [-0.4, -0.2) is 50.1 Å². The molecule has 0 amide bonds. The van der Waals surface area contributed by atoms with Gasteiger partial charge in [-0.2, -0.15) is 0 Å². The van der Waals surface area contributed by atoms with Crippen LogP contribution in [0.25, 0.3) is 0 Å². The van der Waals surface area contributed by atoms with Crippen molar-refractivity contribution in [2.75, 3.05) is 0 Å². The summed E-state index contributed by atoms with van der Waals surface area (Å²) in [5, 5.41) is 0. The van der Waals surface area contributed by atoms with Gasteiger partial charge in [0.05, 0.1) is 0 Å². The van der Waals surface area contributed by atoms with Gasteiger partial charge >= 0.3 is 23.1 Å². The van der Waals surface area contributed by atoms with Gasteiger partial charge in [-0.15, -0.1) is 0 Å². The average Bonchev–Trinajstić information content (AvgIpc) is 2.12. The molecule has 8 heteroatoms. The molecule has 6 nitrogen and oxygen atoms in total. The molecule has 0 spiro atoms. The number of aromatic nitrogens is 2. The zero-order valence-electron chi connectivity index (χ0n) is 7.30. The monoisotopic (exact) mass is 216 g/mol. The third-order valence-electron chi connectivity index (χ3n) is 1.06. The Morgan fingerprint density at radius 2 is 1.85 bits per heavy atom. The standard InChI is InChI=1S/C5H8N2.Mg.H2O4S/c1-5-6-3-4-7(5)2;;1-5(2,3)4/h3-4H,1-2H3;;(H2,1,2,3,4)/q;+2;/p-2. The molecule has 0 saturated carbocycles. The van der Waals surface area contributed by atoms with Gasteiger partial charge in [0.25, 0.3) is 0 Å². The number of rotatable bonds is 0. The van der Waals surface area contributed by atoms with Crippen molar-refractivity contribution in [2.24, 2.45) is 7.05 Å². The maximum atomic E-state index is 8.52. The molecule has 1 aromatic heterocycles. The van der Waals surface area contributed by atoms with E-state index in [1.807, 2.05) is 24.7 Å². The van der Waals surface area contributed by atoms with Crippen molar-refractivity contribution in [3.05, 3.63) is 18.2 Å². The van der Waals surface area contributed by atoms with Crippen LogP contribution in [0, 0.1) is 6.92 Å². The molecule has 0 N–H and O–H groups in total. The van der Waals surface area contributed by atoms with Crippen molar-refractivity contribution in [3.63, 3.8) is 0 Å². The van der Waals surface area contributed by atoms with Gasteiger partial charge in [-0.05, 0) is 6.92 Å². The first-order chi connectivity index (χ1) is 5.30. The zero-order chi connectivity index (χ0) is 9.78. The second-order valence-corrected chi connectivity index (χ2v) is 2.81. The fraction of sp³-hybridized carbons (Fsp3) is 0.400. The Labute approximate surface area is 92.7 Å². The summed E-state index contributed by atoms with van der Waals surface area (Å²) in [7, 11) is -3.19. The van der Waals surface area contributed by atoms with E-state index >= 15 is 0 Å². The molecule has 0 saturated heterocycles. The smallest absolute Gasteiger partial charge is 0.759 e. The first-order valence-corrected chi connectivity index (χ1v) is 4.24. The third kappa shape index (κ3) is 11.8. The van der Waals surface area contributed by atoms with Gasteiger partial charge in [0, 0.05) is 29.8 Å². The minimum atomic E-state index is -5.17. The number of nitrogens with zero attached hydrogens (tertiary/aromatic N) is 2. The van der Waals surface area contributed by atoms with E-state index in [0.29, 0.717) is 0 Å². The fourth-order valence-electron chi connectivity index (χ4n) is 0.440. The predicted octanol–water partition coefficient (Wildman–Crippen LogP) is -0.990. The van der Waals surface area contributed by atoms with Crippen molar-refractivity contribution in [3.8, 4) is 0 Å². The predicted molar refractivity (Wildman–Crippen MR) is 44.2 cm³/mol. The Morgan fingerprint density at radius 1 is 1.46 bits per heavy atom. The largest absolute Gasteiger partial charge is 2.00 e. The second-order valence-electron chi connectivity index (χ2n) is 1.99. The summed E-state index contributed by atoms with van der Waals surface area (Å²) in [4.78, 5) is 3.98. The fourth-order valence-corrected chi connectivity index (χ4v) is 0.440. The molecular formula is C5H8MgN2O4S. The Hall–Kier alpha value is -0.154. The molecule has 0 aliphatic carbocycles. The summed E-state index contributed by atoms with van der Waals surface area (Å²) in [5.41, 5.74) is 0. The third-order valence-corrected chi connectivity index (χ3v) is 1.06. The molecule has 70 valence electrons. The molecule has 0 unspecified atom stereocenters. The van der Waals surface area contributed by atoms with E-state index in [1.165, 1.54) is 0 Å². The van der Waals surface area contributed by atoms with E-state index < -0.39 is 10.4 Å². The summed E-state index contributed by atoms with van der Waals surface area (Å²) >= 11 is 0. The van der Waals surface area contributed by atoms with Crippen LogP contribution in [0.15, 0.2) is 12.4 Å². The van der Waals surface area contributed by atoms with Crippen molar-refractivity contribution >= 4 is 33.5 Å². The minimum Gasteiger partial charge on any atom is -0.759 e. The van der Waals surface area contributed by atoms with Gasteiger partial charge in [0.2, 0.25) is 0 Å². The average molecular weight is 217 g/mol. The Kier molecular flexibility index (Phi) is 7.45. The zero-order valence-corrected chi connectivity index (χ0v) is 9.53. The van der Waals surface area contributed by atoms with Crippen LogP contribution >= 0.6 is 0 Å². The summed E-state index contributed by atoms with van der Waals surface area (Å²) in [5.74, 6) is 1.06. The first-order valence-electron chi connectivity index (χ1n) is 2.91. The summed E-state index contributed by atoms with van der Waals surface area (Å²) in [6.45, 7) is 1.97. The number of hydrogen-bond acceptors (Lipinski definition) is 5. The van der Waals surface area contributed by atoms with E-state index in [2.05, 4.69) is 4.98 Å². The second kappa shape index (κ2) is 6.32. The number of imidazole rings is 1. The molecule has 1 aromatic rings. The molecule has 0 bridgehead atoms. The van der Waals surface area contributed by atoms with E-state index in [1.54, 1.807) is 6.20 Å². The number of hydrogen-bond donors (Lipinski definition) is 0. The molecule has 0 aromatic carbocycles. The minimum absolute atomic E-state index is 0. The van der Waals surface area contributed by atoms with Crippen LogP contribution in [0.2, 0.25) is 0 Å². The molecule has 1 heterocycles. The van der Waals surface area contributed by atoms with Gasteiger partial charge in [-0.1, -0.05) is 0 Å². The van der Waals surface area contributed by atoms with Crippen LogP contribution < -0.4 is 0 Å². The SMILES string of the molecule is Cc1nccn1C.O=S(=O)([O-])[O-].[Mg+2]. The van der Waals surface area contributed by atoms with Gasteiger partial charge in [0.15, 0.2) is 0 Å². The van der Waals surface area contributed by atoms with Gasteiger partial charge < -0.3 is 13.7 Å². The van der Waals surface area contributed by atoms with Crippen molar-refractivity contribution < 1.29 is 17.5 Å². The maximum Gasteiger partial charge on any atom is 2.00 e. The molecule has 13 heavy (non-hydrogen) atoms. The summed E-state index contributed by atoms with van der Waals surface area (Å²) < 4.78 is 36.1.